The molecule has 0 saturated carbocycles. The highest BCUT2D eigenvalue weighted by Gasteiger charge is 2.18. The first-order valence-electron chi connectivity index (χ1n) is 5.74. The van der Waals surface area contributed by atoms with E-state index in [1.165, 1.54) is 0 Å². The quantitative estimate of drug-likeness (QED) is 0.851. The average molecular weight is 270 g/mol. The van der Waals surface area contributed by atoms with Gasteiger partial charge < -0.3 is 10.1 Å². The molecule has 0 unspecified atom stereocenters. The fourth-order valence-electron chi connectivity index (χ4n) is 1.10. The van der Waals surface area contributed by atoms with Crippen molar-refractivity contribution in [2.75, 3.05) is 13.2 Å². The highest BCUT2D eigenvalue weighted by molar-refractivity contribution is 7.11. The van der Waals surface area contributed by atoms with Gasteiger partial charge in [0.15, 0.2) is 0 Å². The van der Waals surface area contributed by atoms with Crippen LogP contribution in [-0.4, -0.2) is 30.0 Å². The topological polar surface area (TPSA) is 68.3 Å². The summed E-state index contributed by atoms with van der Waals surface area (Å²) in [4.78, 5) is 27.1. The van der Waals surface area contributed by atoms with E-state index in [0.717, 1.165) is 11.3 Å². The van der Waals surface area contributed by atoms with Crippen molar-refractivity contribution >= 4 is 23.2 Å². The normalized spacial score (nSPS) is 11.1. The Kier molecular flexibility index (Phi) is 4.84. The van der Waals surface area contributed by atoms with Crippen LogP contribution in [0.2, 0.25) is 0 Å². The van der Waals surface area contributed by atoms with Gasteiger partial charge in [0.25, 0.3) is 5.91 Å². The number of carbonyl (C=O) groups excluding carboxylic acids is 2. The van der Waals surface area contributed by atoms with Gasteiger partial charge in [-0.2, -0.15) is 0 Å². The summed E-state index contributed by atoms with van der Waals surface area (Å²) in [5.41, 5.74) is 0.266. The number of thiazole rings is 1. The number of hydrogen-bond donors (Lipinski definition) is 1. The zero-order valence-electron chi connectivity index (χ0n) is 11.1. The lowest BCUT2D eigenvalue weighted by atomic mass is 9.97. The fraction of sp³-hybridized carbons (Fsp3) is 0.583. The number of ether oxygens (including phenoxy) is 1. The molecule has 100 valence electrons. The molecule has 1 N–H and O–H groups in total. The molecule has 0 atom stereocenters. The SMILES string of the molecule is CCOC(=O)c1nc(C(=O)NCC(C)(C)C)cs1. The molecule has 1 amide bonds. The molecule has 1 aromatic rings. The van der Waals surface area contributed by atoms with Crippen LogP contribution in [0.25, 0.3) is 0 Å². The highest BCUT2D eigenvalue weighted by atomic mass is 32.1. The summed E-state index contributed by atoms with van der Waals surface area (Å²) in [7, 11) is 0. The fourth-order valence-corrected chi connectivity index (χ4v) is 1.79. The standard InChI is InChI=1S/C12H18N2O3S/c1-5-17-11(16)10-14-8(6-18-10)9(15)13-7-12(2,3)4/h6H,5,7H2,1-4H3,(H,13,15). The number of rotatable bonds is 4. The number of esters is 1. The maximum Gasteiger partial charge on any atom is 0.367 e. The highest BCUT2D eigenvalue weighted by Crippen LogP contribution is 2.13. The molecular formula is C12H18N2O3S. The minimum atomic E-state index is -0.489. The first-order chi connectivity index (χ1) is 8.33. The molecule has 0 aliphatic heterocycles. The zero-order valence-corrected chi connectivity index (χ0v) is 11.9. The van der Waals surface area contributed by atoms with Crippen LogP contribution >= 0.6 is 11.3 Å². The van der Waals surface area contributed by atoms with Crippen LogP contribution in [0.3, 0.4) is 0 Å². The number of hydrogen-bond acceptors (Lipinski definition) is 5. The van der Waals surface area contributed by atoms with E-state index >= 15 is 0 Å². The van der Waals surface area contributed by atoms with E-state index in [1.807, 2.05) is 20.8 Å². The molecule has 0 aromatic carbocycles. The Hall–Kier alpha value is -1.43. The third-order valence-corrected chi connectivity index (χ3v) is 2.79. The molecule has 18 heavy (non-hydrogen) atoms. The molecule has 5 nitrogen and oxygen atoms in total. The van der Waals surface area contributed by atoms with Crippen LogP contribution in [0.1, 0.15) is 48.0 Å². The first-order valence-corrected chi connectivity index (χ1v) is 6.62. The van der Waals surface area contributed by atoms with E-state index in [2.05, 4.69) is 10.3 Å². The summed E-state index contributed by atoms with van der Waals surface area (Å²) < 4.78 is 4.81. The lowest BCUT2D eigenvalue weighted by molar-refractivity contribution is 0.0526. The first kappa shape index (κ1) is 14.6. The van der Waals surface area contributed by atoms with Gasteiger partial charge in [-0.05, 0) is 12.3 Å². The minimum Gasteiger partial charge on any atom is -0.461 e. The van der Waals surface area contributed by atoms with Crippen molar-refractivity contribution in [1.29, 1.82) is 0 Å². The number of nitrogens with zero attached hydrogens (tertiary/aromatic N) is 1. The van der Waals surface area contributed by atoms with Crippen molar-refractivity contribution in [3.05, 3.63) is 16.1 Å². The van der Waals surface area contributed by atoms with Gasteiger partial charge in [0, 0.05) is 11.9 Å². The summed E-state index contributed by atoms with van der Waals surface area (Å²) in [5, 5.41) is 4.54. The van der Waals surface area contributed by atoms with Gasteiger partial charge >= 0.3 is 5.97 Å². The monoisotopic (exact) mass is 270 g/mol. The van der Waals surface area contributed by atoms with Crippen LogP contribution in [0.5, 0.6) is 0 Å². The van der Waals surface area contributed by atoms with Gasteiger partial charge in [0.2, 0.25) is 5.01 Å². The van der Waals surface area contributed by atoms with Crippen LogP contribution in [0.15, 0.2) is 5.38 Å². The van der Waals surface area contributed by atoms with Gasteiger partial charge in [-0.15, -0.1) is 11.3 Å². The second-order valence-corrected chi connectivity index (χ2v) is 5.86. The Morgan fingerprint density at radius 3 is 2.67 bits per heavy atom. The molecule has 6 heteroatoms. The number of amides is 1. The smallest absolute Gasteiger partial charge is 0.367 e. The van der Waals surface area contributed by atoms with Crippen LogP contribution < -0.4 is 5.32 Å². The Balaban J connectivity index is 2.62. The van der Waals surface area contributed by atoms with Crippen molar-refractivity contribution in [2.24, 2.45) is 5.41 Å². The largest absolute Gasteiger partial charge is 0.461 e. The predicted octanol–water partition coefficient (Wildman–Crippen LogP) is 2.10. The second kappa shape index (κ2) is 5.95. The molecular weight excluding hydrogens is 252 g/mol. The zero-order chi connectivity index (χ0) is 13.8. The van der Waals surface area contributed by atoms with Crippen LogP contribution in [0, 0.1) is 5.41 Å². The number of nitrogens with one attached hydrogen (secondary N) is 1. The van der Waals surface area contributed by atoms with Crippen molar-refractivity contribution in [2.45, 2.75) is 27.7 Å². The lowest BCUT2D eigenvalue weighted by Gasteiger charge is -2.18. The number of aromatic nitrogens is 1. The predicted molar refractivity (Wildman–Crippen MR) is 69.9 cm³/mol. The maximum absolute atomic E-state index is 11.8. The number of carbonyl (C=O) groups is 2. The van der Waals surface area contributed by atoms with Gasteiger partial charge in [0.1, 0.15) is 5.69 Å². The molecule has 0 radical (unpaired) electrons. The summed E-state index contributed by atoms with van der Waals surface area (Å²) in [6.45, 7) is 8.65. The van der Waals surface area contributed by atoms with Crippen molar-refractivity contribution in [1.82, 2.24) is 10.3 Å². The van der Waals surface area contributed by atoms with E-state index in [4.69, 9.17) is 4.74 Å². The van der Waals surface area contributed by atoms with Crippen molar-refractivity contribution < 1.29 is 14.3 Å². The van der Waals surface area contributed by atoms with Gasteiger partial charge in [-0.25, -0.2) is 9.78 Å². The molecule has 0 saturated heterocycles. The summed E-state index contributed by atoms with van der Waals surface area (Å²) in [6, 6.07) is 0. The molecule has 1 rings (SSSR count). The van der Waals surface area contributed by atoms with Crippen LogP contribution in [0.4, 0.5) is 0 Å². The van der Waals surface area contributed by atoms with E-state index in [9.17, 15) is 9.59 Å². The van der Waals surface area contributed by atoms with E-state index in [-0.39, 0.29) is 22.0 Å². The Bertz CT molecular complexity index is 435. The maximum atomic E-state index is 11.8. The van der Waals surface area contributed by atoms with Gasteiger partial charge in [-0.1, -0.05) is 20.8 Å². The van der Waals surface area contributed by atoms with Crippen molar-refractivity contribution in [3.8, 4) is 0 Å². The molecule has 0 fully saturated rings. The lowest BCUT2D eigenvalue weighted by Crippen LogP contribution is -2.32. The molecule has 0 aliphatic rings. The van der Waals surface area contributed by atoms with E-state index in [0.29, 0.717) is 13.2 Å². The summed E-state index contributed by atoms with van der Waals surface area (Å²) in [6.07, 6.45) is 0. The van der Waals surface area contributed by atoms with E-state index in [1.54, 1.807) is 12.3 Å². The van der Waals surface area contributed by atoms with Crippen molar-refractivity contribution in [3.63, 3.8) is 0 Å². The van der Waals surface area contributed by atoms with Crippen LogP contribution in [-0.2, 0) is 4.74 Å². The average Bonchev–Trinajstić information content (AvgIpc) is 2.74. The summed E-state index contributed by atoms with van der Waals surface area (Å²) >= 11 is 1.11. The van der Waals surface area contributed by atoms with Gasteiger partial charge in [0.05, 0.1) is 6.61 Å². The van der Waals surface area contributed by atoms with Gasteiger partial charge in [-0.3, -0.25) is 4.79 Å². The van der Waals surface area contributed by atoms with E-state index < -0.39 is 5.97 Å². The third-order valence-electron chi connectivity index (χ3n) is 1.97. The third kappa shape index (κ3) is 4.44. The Morgan fingerprint density at radius 2 is 2.11 bits per heavy atom. The molecule has 0 bridgehead atoms. The Labute approximate surface area is 111 Å². The Morgan fingerprint density at radius 1 is 1.44 bits per heavy atom. The minimum absolute atomic E-state index is 0.00958. The summed E-state index contributed by atoms with van der Waals surface area (Å²) in [5.74, 6) is -0.755. The second-order valence-electron chi connectivity index (χ2n) is 5.00. The molecule has 0 spiro atoms. The molecule has 1 aromatic heterocycles. The molecule has 0 aliphatic carbocycles. The molecule has 1 heterocycles.